The summed E-state index contributed by atoms with van der Waals surface area (Å²) in [5.74, 6) is 1.48. The van der Waals surface area contributed by atoms with Crippen LogP contribution in [0.4, 0.5) is 5.69 Å². The van der Waals surface area contributed by atoms with Crippen molar-refractivity contribution < 1.29 is 0 Å². The van der Waals surface area contributed by atoms with Gasteiger partial charge in [0.05, 0.1) is 11.2 Å². The van der Waals surface area contributed by atoms with Crippen molar-refractivity contribution in [3.05, 3.63) is 36.5 Å². The number of benzene rings is 1. The smallest absolute Gasteiger partial charge is 0.0935 e. The second-order valence-electron chi connectivity index (χ2n) is 6.51. The van der Waals surface area contributed by atoms with Crippen LogP contribution in [0.5, 0.6) is 0 Å². The lowest BCUT2D eigenvalue weighted by molar-refractivity contribution is 0.477. The summed E-state index contributed by atoms with van der Waals surface area (Å²) in [5, 5.41) is 4.83. The normalized spacial score (nSPS) is 18.8. The van der Waals surface area contributed by atoms with Crippen molar-refractivity contribution in [2.75, 3.05) is 31.1 Å². The molecule has 21 heavy (non-hydrogen) atoms. The fourth-order valence-corrected chi connectivity index (χ4v) is 3.14. The lowest BCUT2D eigenvalue weighted by atomic mass is 10.1. The minimum absolute atomic E-state index is 0.727. The number of rotatable bonds is 5. The number of nitrogens with one attached hydrogen (secondary N) is 1. The molecule has 0 amide bonds. The SMILES string of the molecule is CC(C)CNCC1CCN(c2cccc3cccnc23)C1. The Kier molecular flexibility index (Phi) is 4.39. The first-order chi connectivity index (χ1) is 10.2. The van der Waals surface area contributed by atoms with Crippen LogP contribution in [0.15, 0.2) is 36.5 Å². The molecule has 1 unspecified atom stereocenters. The molecule has 1 aliphatic heterocycles. The molecule has 2 aromatic rings. The summed E-state index contributed by atoms with van der Waals surface area (Å²) in [6, 6.07) is 10.6. The van der Waals surface area contributed by atoms with Gasteiger partial charge in [0.25, 0.3) is 0 Å². The Balaban J connectivity index is 1.68. The average Bonchev–Trinajstić information content (AvgIpc) is 2.95. The van der Waals surface area contributed by atoms with E-state index in [1.54, 1.807) is 0 Å². The molecule has 0 bridgehead atoms. The average molecular weight is 283 g/mol. The van der Waals surface area contributed by atoms with Crippen molar-refractivity contribution in [3.63, 3.8) is 0 Å². The van der Waals surface area contributed by atoms with Crippen LogP contribution in [-0.2, 0) is 0 Å². The number of hydrogen-bond acceptors (Lipinski definition) is 3. The molecule has 3 nitrogen and oxygen atoms in total. The Labute approximate surface area is 127 Å². The van der Waals surface area contributed by atoms with Crippen LogP contribution < -0.4 is 10.2 Å². The Hall–Kier alpha value is -1.61. The van der Waals surface area contributed by atoms with Gasteiger partial charge >= 0.3 is 0 Å². The molecule has 1 fully saturated rings. The Morgan fingerprint density at radius 1 is 1.29 bits per heavy atom. The molecule has 0 radical (unpaired) electrons. The van der Waals surface area contributed by atoms with Crippen LogP contribution in [0.25, 0.3) is 10.9 Å². The van der Waals surface area contributed by atoms with Crippen molar-refractivity contribution in [1.29, 1.82) is 0 Å². The van der Waals surface area contributed by atoms with E-state index in [0.29, 0.717) is 0 Å². The third kappa shape index (κ3) is 3.35. The van der Waals surface area contributed by atoms with Gasteiger partial charge in [0.1, 0.15) is 0 Å². The highest BCUT2D eigenvalue weighted by Gasteiger charge is 2.23. The van der Waals surface area contributed by atoms with Crippen molar-refractivity contribution in [2.45, 2.75) is 20.3 Å². The summed E-state index contributed by atoms with van der Waals surface area (Å²) in [6.07, 6.45) is 3.16. The zero-order valence-corrected chi connectivity index (χ0v) is 13.0. The molecule has 1 aliphatic rings. The Morgan fingerprint density at radius 3 is 3.00 bits per heavy atom. The van der Waals surface area contributed by atoms with Crippen molar-refractivity contribution in [2.24, 2.45) is 11.8 Å². The Morgan fingerprint density at radius 2 is 2.14 bits per heavy atom. The van der Waals surface area contributed by atoms with Crippen LogP contribution >= 0.6 is 0 Å². The van der Waals surface area contributed by atoms with Crippen molar-refractivity contribution >= 4 is 16.6 Å². The van der Waals surface area contributed by atoms with E-state index in [1.165, 1.54) is 17.5 Å². The zero-order chi connectivity index (χ0) is 14.7. The van der Waals surface area contributed by atoms with Gasteiger partial charge in [-0.2, -0.15) is 0 Å². The maximum absolute atomic E-state index is 4.58. The molecular weight excluding hydrogens is 258 g/mol. The van der Waals surface area contributed by atoms with Gasteiger partial charge in [-0.3, -0.25) is 4.98 Å². The first kappa shape index (κ1) is 14.3. The fraction of sp³-hybridized carbons (Fsp3) is 0.500. The molecule has 1 N–H and O–H groups in total. The summed E-state index contributed by atoms with van der Waals surface area (Å²) in [5.41, 5.74) is 2.43. The van der Waals surface area contributed by atoms with Crippen LogP contribution in [0.2, 0.25) is 0 Å². The maximum atomic E-state index is 4.58. The van der Waals surface area contributed by atoms with Crippen LogP contribution in [-0.4, -0.2) is 31.2 Å². The standard InChI is InChI=1S/C18H25N3/c1-14(2)11-19-12-15-8-10-21(13-15)17-7-3-5-16-6-4-9-20-18(16)17/h3-7,9,14-15,19H,8,10-13H2,1-2H3. The van der Waals surface area contributed by atoms with Gasteiger partial charge in [0.2, 0.25) is 0 Å². The number of para-hydroxylation sites is 1. The third-order valence-electron chi connectivity index (χ3n) is 4.22. The van der Waals surface area contributed by atoms with Gasteiger partial charge in [-0.1, -0.05) is 32.0 Å². The Bertz CT molecular complexity index is 589. The summed E-state index contributed by atoms with van der Waals surface area (Å²) in [7, 11) is 0. The summed E-state index contributed by atoms with van der Waals surface area (Å²) >= 11 is 0. The lowest BCUT2D eigenvalue weighted by Gasteiger charge is -2.20. The molecule has 1 atom stereocenters. The van der Waals surface area contributed by atoms with E-state index in [0.717, 1.165) is 43.5 Å². The summed E-state index contributed by atoms with van der Waals surface area (Å²) in [6.45, 7) is 9.05. The highest BCUT2D eigenvalue weighted by molar-refractivity contribution is 5.90. The van der Waals surface area contributed by atoms with E-state index in [-0.39, 0.29) is 0 Å². The quantitative estimate of drug-likeness (QED) is 0.912. The molecule has 1 aromatic carbocycles. The van der Waals surface area contributed by atoms with E-state index in [2.05, 4.69) is 53.3 Å². The molecule has 1 saturated heterocycles. The molecule has 0 aliphatic carbocycles. The van der Waals surface area contributed by atoms with E-state index in [4.69, 9.17) is 0 Å². The van der Waals surface area contributed by atoms with Gasteiger partial charge < -0.3 is 10.2 Å². The summed E-state index contributed by atoms with van der Waals surface area (Å²) in [4.78, 5) is 7.08. The van der Waals surface area contributed by atoms with Gasteiger partial charge in [0.15, 0.2) is 0 Å². The molecule has 3 rings (SSSR count). The van der Waals surface area contributed by atoms with Gasteiger partial charge in [-0.25, -0.2) is 0 Å². The maximum Gasteiger partial charge on any atom is 0.0935 e. The van der Waals surface area contributed by atoms with E-state index < -0.39 is 0 Å². The van der Waals surface area contributed by atoms with E-state index >= 15 is 0 Å². The minimum atomic E-state index is 0.727. The number of aromatic nitrogens is 1. The highest BCUT2D eigenvalue weighted by Crippen LogP contribution is 2.29. The molecular formula is C18H25N3. The van der Waals surface area contributed by atoms with Crippen molar-refractivity contribution in [3.8, 4) is 0 Å². The molecule has 0 saturated carbocycles. The van der Waals surface area contributed by atoms with E-state index in [9.17, 15) is 0 Å². The van der Waals surface area contributed by atoms with Crippen LogP contribution in [0.1, 0.15) is 20.3 Å². The largest absolute Gasteiger partial charge is 0.369 e. The van der Waals surface area contributed by atoms with Gasteiger partial charge in [-0.05, 0) is 43.5 Å². The summed E-state index contributed by atoms with van der Waals surface area (Å²) < 4.78 is 0. The predicted octanol–water partition coefficient (Wildman–Crippen LogP) is 3.31. The number of anilines is 1. The third-order valence-corrected chi connectivity index (χ3v) is 4.22. The lowest BCUT2D eigenvalue weighted by Crippen LogP contribution is -2.28. The van der Waals surface area contributed by atoms with Crippen LogP contribution in [0.3, 0.4) is 0 Å². The number of nitrogens with zero attached hydrogens (tertiary/aromatic N) is 2. The number of hydrogen-bond donors (Lipinski definition) is 1. The first-order valence-electron chi connectivity index (χ1n) is 8.03. The predicted molar refractivity (Wildman–Crippen MR) is 89.8 cm³/mol. The molecule has 2 heterocycles. The topological polar surface area (TPSA) is 28.2 Å². The molecule has 3 heteroatoms. The van der Waals surface area contributed by atoms with Gasteiger partial charge in [0, 0.05) is 24.7 Å². The van der Waals surface area contributed by atoms with E-state index in [1.807, 2.05) is 12.3 Å². The first-order valence-corrected chi connectivity index (χ1v) is 8.03. The van der Waals surface area contributed by atoms with Crippen LogP contribution in [0, 0.1) is 11.8 Å². The highest BCUT2D eigenvalue weighted by atomic mass is 15.2. The molecule has 1 aromatic heterocycles. The monoisotopic (exact) mass is 283 g/mol. The second kappa shape index (κ2) is 6.44. The minimum Gasteiger partial charge on any atom is -0.369 e. The molecule has 0 spiro atoms. The zero-order valence-electron chi connectivity index (χ0n) is 13.0. The van der Waals surface area contributed by atoms with Crippen molar-refractivity contribution in [1.82, 2.24) is 10.3 Å². The number of fused-ring (bicyclic) bond motifs is 1. The van der Waals surface area contributed by atoms with Gasteiger partial charge in [-0.15, -0.1) is 0 Å². The molecule has 112 valence electrons. The fourth-order valence-electron chi connectivity index (χ4n) is 3.14. The number of pyridine rings is 1. The second-order valence-corrected chi connectivity index (χ2v) is 6.51.